The average molecular weight is 256 g/mol. The minimum Gasteiger partial charge on any atom is -0.475 e. The normalized spacial score (nSPS) is 11.8. The number of fused-ring (bicyclic) bond motifs is 1. The molecule has 0 saturated heterocycles. The number of carbonyl (C=O) groups is 1. The van der Waals surface area contributed by atoms with Gasteiger partial charge in [-0.2, -0.15) is 13.2 Å². The van der Waals surface area contributed by atoms with Crippen LogP contribution in [0.2, 0.25) is 0 Å². The molecule has 18 heavy (non-hydrogen) atoms. The van der Waals surface area contributed by atoms with Crippen LogP contribution in [0.15, 0.2) is 18.2 Å². The molecular formula is C11H7F3N2O2. The van der Waals surface area contributed by atoms with Crippen LogP contribution >= 0.6 is 0 Å². The third-order valence-corrected chi connectivity index (χ3v) is 2.41. The number of aromatic nitrogens is 2. The standard InChI is InChI=1S/C11H7F3N2O2/c1-5-6-3-2-4-7(11(12,13)14)8(6)16-9(15-5)10(17)18/h2-4H,1H3,(H,17,18). The van der Waals surface area contributed by atoms with Crippen LogP contribution in [0.1, 0.15) is 21.9 Å². The summed E-state index contributed by atoms with van der Waals surface area (Å²) in [6, 6.07) is 3.52. The average Bonchev–Trinajstić information content (AvgIpc) is 2.26. The smallest absolute Gasteiger partial charge is 0.418 e. The van der Waals surface area contributed by atoms with E-state index in [1.165, 1.54) is 19.1 Å². The highest BCUT2D eigenvalue weighted by atomic mass is 19.4. The highest BCUT2D eigenvalue weighted by Crippen LogP contribution is 2.34. The van der Waals surface area contributed by atoms with Crippen LogP contribution in [-0.2, 0) is 6.18 Å². The molecule has 0 fully saturated rings. The molecule has 0 bridgehead atoms. The predicted molar refractivity (Wildman–Crippen MR) is 56.2 cm³/mol. The van der Waals surface area contributed by atoms with Crippen molar-refractivity contribution in [2.45, 2.75) is 13.1 Å². The maximum atomic E-state index is 12.8. The first-order chi connectivity index (χ1) is 8.30. The van der Waals surface area contributed by atoms with Gasteiger partial charge in [0.25, 0.3) is 0 Å². The Balaban J connectivity index is 2.86. The lowest BCUT2D eigenvalue weighted by Crippen LogP contribution is -2.11. The van der Waals surface area contributed by atoms with Crippen LogP contribution in [0.25, 0.3) is 10.9 Å². The number of hydrogen-bond donors (Lipinski definition) is 1. The molecule has 0 radical (unpaired) electrons. The molecule has 0 aliphatic carbocycles. The first-order valence-electron chi connectivity index (χ1n) is 4.88. The third-order valence-electron chi connectivity index (χ3n) is 2.41. The van der Waals surface area contributed by atoms with Crippen molar-refractivity contribution in [3.63, 3.8) is 0 Å². The molecule has 0 unspecified atom stereocenters. The van der Waals surface area contributed by atoms with E-state index in [0.717, 1.165) is 6.07 Å². The van der Waals surface area contributed by atoms with E-state index in [4.69, 9.17) is 5.11 Å². The molecule has 0 spiro atoms. The summed E-state index contributed by atoms with van der Waals surface area (Å²) >= 11 is 0. The predicted octanol–water partition coefficient (Wildman–Crippen LogP) is 2.66. The molecule has 0 amide bonds. The largest absolute Gasteiger partial charge is 0.475 e. The number of carboxylic acids is 1. The molecule has 1 aromatic carbocycles. The van der Waals surface area contributed by atoms with Crippen molar-refractivity contribution in [1.82, 2.24) is 9.97 Å². The highest BCUT2D eigenvalue weighted by Gasteiger charge is 2.33. The zero-order valence-electron chi connectivity index (χ0n) is 9.12. The number of rotatable bonds is 1. The van der Waals surface area contributed by atoms with E-state index in [9.17, 15) is 18.0 Å². The van der Waals surface area contributed by atoms with Gasteiger partial charge in [-0.1, -0.05) is 12.1 Å². The van der Waals surface area contributed by atoms with Crippen molar-refractivity contribution in [3.8, 4) is 0 Å². The summed E-state index contributed by atoms with van der Waals surface area (Å²) in [7, 11) is 0. The zero-order chi connectivity index (χ0) is 13.5. The summed E-state index contributed by atoms with van der Waals surface area (Å²) in [5.74, 6) is -2.10. The fourth-order valence-corrected chi connectivity index (χ4v) is 1.63. The Morgan fingerprint density at radius 3 is 2.50 bits per heavy atom. The fraction of sp³-hybridized carbons (Fsp3) is 0.182. The van der Waals surface area contributed by atoms with E-state index in [1.807, 2.05) is 0 Å². The molecule has 0 saturated carbocycles. The molecule has 0 aliphatic heterocycles. The minimum absolute atomic E-state index is 0.190. The van der Waals surface area contributed by atoms with Gasteiger partial charge < -0.3 is 5.11 Å². The second-order valence-electron chi connectivity index (χ2n) is 3.64. The molecule has 2 rings (SSSR count). The van der Waals surface area contributed by atoms with Crippen molar-refractivity contribution >= 4 is 16.9 Å². The maximum Gasteiger partial charge on any atom is 0.418 e. The van der Waals surface area contributed by atoms with Gasteiger partial charge in [0.05, 0.1) is 11.1 Å². The van der Waals surface area contributed by atoms with Gasteiger partial charge in [-0.3, -0.25) is 0 Å². The lowest BCUT2D eigenvalue weighted by molar-refractivity contribution is -0.136. The van der Waals surface area contributed by atoms with Crippen LogP contribution in [0.4, 0.5) is 13.2 Å². The van der Waals surface area contributed by atoms with Gasteiger partial charge in [0.2, 0.25) is 5.82 Å². The van der Waals surface area contributed by atoms with Crippen LogP contribution in [0, 0.1) is 6.92 Å². The van der Waals surface area contributed by atoms with Crippen molar-refractivity contribution < 1.29 is 23.1 Å². The van der Waals surface area contributed by atoms with E-state index >= 15 is 0 Å². The Morgan fingerprint density at radius 1 is 1.28 bits per heavy atom. The van der Waals surface area contributed by atoms with Gasteiger partial charge in [-0.25, -0.2) is 14.8 Å². The van der Waals surface area contributed by atoms with Gasteiger partial charge in [0.1, 0.15) is 0 Å². The van der Waals surface area contributed by atoms with Crippen LogP contribution in [0.5, 0.6) is 0 Å². The number of carboxylic acid groups (broad SMARTS) is 1. The summed E-state index contributed by atoms with van der Waals surface area (Å²) in [5, 5.41) is 8.95. The SMILES string of the molecule is Cc1nc(C(=O)O)nc2c(C(F)(F)F)cccc12. The van der Waals surface area contributed by atoms with Gasteiger partial charge in [0, 0.05) is 11.1 Å². The molecule has 2 aromatic rings. The molecule has 4 nitrogen and oxygen atoms in total. The number of halogens is 3. The number of aryl methyl sites for hydroxylation is 1. The van der Waals surface area contributed by atoms with Gasteiger partial charge in [-0.15, -0.1) is 0 Å². The van der Waals surface area contributed by atoms with Crippen molar-refractivity contribution in [2.75, 3.05) is 0 Å². The summed E-state index contributed by atoms with van der Waals surface area (Å²) < 4.78 is 38.3. The quantitative estimate of drug-likeness (QED) is 0.851. The van der Waals surface area contributed by atoms with Gasteiger partial charge in [0.15, 0.2) is 0 Å². The fourth-order valence-electron chi connectivity index (χ4n) is 1.63. The number of hydrogen-bond acceptors (Lipinski definition) is 3. The van der Waals surface area contributed by atoms with Crippen molar-refractivity contribution in [3.05, 3.63) is 35.3 Å². The molecule has 0 aliphatic rings. The molecular weight excluding hydrogens is 249 g/mol. The van der Waals surface area contributed by atoms with Gasteiger partial charge in [-0.05, 0) is 13.0 Å². The molecule has 1 N–H and O–H groups in total. The number of nitrogens with zero attached hydrogens (tertiary/aromatic N) is 2. The van der Waals surface area contributed by atoms with E-state index in [-0.39, 0.29) is 11.1 Å². The third kappa shape index (κ3) is 1.99. The van der Waals surface area contributed by atoms with Crippen molar-refractivity contribution in [2.24, 2.45) is 0 Å². The Labute approximate surface area is 99.1 Å². The molecule has 1 aromatic heterocycles. The first-order valence-corrected chi connectivity index (χ1v) is 4.88. The summed E-state index contributed by atoms with van der Waals surface area (Å²) in [6.07, 6.45) is -4.59. The summed E-state index contributed by atoms with van der Waals surface area (Å²) in [4.78, 5) is 17.9. The molecule has 0 atom stereocenters. The summed E-state index contributed by atoms with van der Waals surface area (Å²) in [5.41, 5.74) is -1.16. The molecule has 7 heteroatoms. The topological polar surface area (TPSA) is 63.1 Å². The minimum atomic E-state index is -4.59. The lowest BCUT2D eigenvalue weighted by Gasteiger charge is -2.10. The number of para-hydroxylation sites is 1. The van der Waals surface area contributed by atoms with Crippen molar-refractivity contribution in [1.29, 1.82) is 0 Å². The number of benzene rings is 1. The second kappa shape index (κ2) is 3.94. The maximum absolute atomic E-state index is 12.8. The Hall–Kier alpha value is -2.18. The monoisotopic (exact) mass is 256 g/mol. The second-order valence-corrected chi connectivity index (χ2v) is 3.64. The summed E-state index contributed by atoms with van der Waals surface area (Å²) in [6.45, 7) is 1.44. The number of alkyl halides is 3. The Kier molecular flexibility index (Phi) is 2.68. The lowest BCUT2D eigenvalue weighted by atomic mass is 10.1. The Bertz CT molecular complexity index is 638. The number of aromatic carboxylic acids is 1. The molecule has 94 valence electrons. The Morgan fingerprint density at radius 2 is 1.94 bits per heavy atom. The molecule has 1 heterocycles. The van der Waals surface area contributed by atoms with Crippen LogP contribution in [0.3, 0.4) is 0 Å². The van der Waals surface area contributed by atoms with E-state index in [1.54, 1.807) is 0 Å². The van der Waals surface area contributed by atoms with Gasteiger partial charge >= 0.3 is 12.1 Å². The van der Waals surface area contributed by atoms with Crippen LogP contribution in [-0.4, -0.2) is 21.0 Å². The van der Waals surface area contributed by atoms with E-state index < -0.39 is 29.1 Å². The van der Waals surface area contributed by atoms with Crippen LogP contribution < -0.4 is 0 Å². The highest BCUT2D eigenvalue weighted by molar-refractivity contribution is 5.90. The van der Waals surface area contributed by atoms with E-state index in [0.29, 0.717) is 0 Å². The van der Waals surface area contributed by atoms with E-state index in [2.05, 4.69) is 9.97 Å². The zero-order valence-corrected chi connectivity index (χ0v) is 9.12. The first kappa shape index (κ1) is 12.3.